The lowest BCUT2D eigenvalue weighted by Gasteiger charge is -2.11. The quantitative estimate of drug-likeness (QED) is 0.691. The molecule has 0 aromatic heterocycles. The third-order valence-corrected chi connectivity index (χ3v) is 5.07. The zero-order valence-electron chi connectivity index (χ0n) is 15.2. The Balaban J connectivity index is 1.79. The number of nitrogens with one attached hydrogen (secondary N) is 1. The summed E-state index contributed by atoms with van der Waals surface area (Å²) in [5, 5.41) is 0. The van der Waals surface area contributed by atoms with Crippen LogP contribution in [0.25, 0.3) is 0 Å². The number of benzene rings is 2. The standard InChI is InChI=1S/C20H27NO3S/c1-16(2)24-20-8-4-6-18(14-20)7-5-13-21-25(22,23)15-19-11-9-17(3)10-12-19/h4,6,8-12,14,16,21H,5,7,13,15H2,1-3H3. The molecule has 0 bridgehead atoms. The van der Waals surface area contributed by atoms with Crippen LogP contribution in [-0.4, -0.2) is 21.1 Å². The Kier molecular flexibility index (Phi) is 7.02. The fourth-order valence-corrected chi connectivity index (χ4v) is 3.71. The molecule has 0 aliphatic carbocycles. The lowest BCUT2D eigenvalue weighted by atomic mass is 10.1. The van der Waals surface area contributed by atoms with Crippen LogP contribution in [0.3, 0.4) is 0 Å². The summed E-state index contributed by atoms with van der Waals surface area (Å²) in [6, 6.07) is 15.5. The average Bonchev–Trinajstić information content (AvgIpc) is 2.53. The highest BCUT2D eigenvalue weighted by molar-refractivity contribution is 7.88. The molecule has 0 radical (unpaired) electrons. The van der Waals surface area contributed by atoms with Crippen molar-refractivity contribution in [3.8, 4) is 5.75 Å². The maximum absolute atomic E-state index is 12.1. The molecule has 2 aromatic rings. The Morgan fingerprint density at radius 2 is 1.76 bits per heavy atom. The van der Waals surface area contributed by atoms with E-state index in [0.717, 1.165) is 35.3 Å². The molecule has 2 rings (SSSR count). The van der Waals surface area contributed by atoms with Crippen LogP contribution in [0, 0.1) is 6.92 Å². The SMILES string of the molecule is Cc1ccc(CS(=O)(=O)NCCCc2cccc(OC(C)C)c2)cc1. The summed E-state index contributed by atoms with van der Waals surface area (Å²) in [6.45, 7) is 6.41. The number of hydrogen-bond donors (Lipinski definition) is 1. The molecule has 0 aliphatic heterocycles. The van der Waals surface area contributed by atoms with E-state index < -0.39 is 10.0 Å². The molecule has 0 amide bonds. The first kappa shape index (κ1) is 19.5. The molecular formula is C20H27NO3S. The van der Waals surface area contributed by atoms with Gasteiger partial charge in [0.1, 0.15) is 5.75 Å². The summed E-state index contributed by atoms with van der Waals surface area (Å²) in [5.41, 5.74) is 3.07. The molecule has 0 aliphatic rings. The monoisotopic (exact) mass is 361 g/mol. The van der Waals surface area contributed by atoms with Crippen molar-refractivity contribution in [2.75, 3.05) is 6.54 Å². The van der Waals surface area contributed by atoms with E-state index in [9.17, 15) is 8.42 Å². The molecule has 2 aromatic carbocycles. The van der Waals surface area contributed by atoms with Gasteiger partial charge in [-0.05, 0) is 56.9 Å². The van der Waals surface area contributed by atoms with E-state index in [2.05, 4.69) is 4.72 Å². The molecule has 0 fully saturated rings. The molecular weight excluding hydrogens is 334 g/mol. The smallest absolute Gasteiger partial charge is 0.215 e. The van der Waals surface area contributed by atoms with Crippen molar-refractivity contribution in [2.24, 2.45) is 0 Å². The van der Waals surface area contributed by atoms with Gasteiger partial charge in [-0.3, -0.25) is 0 Å². The summed E-state index contributed by atoms with van der Waals surface area (Å²) in [4.78, 5) is 0. The van der Waals surface area contributed by atoms with Crippen LogP contribution in [-0.2, 0) is 22.2 Å². The summed E-state index contributed by atoms with van der Waals surface area (Å²) >= 11 is 0. The maximum Gasteiger partial charge on any atom is 0.215 e. The number of sulfonamides is 1. The highest BCUT2D eigenvalue weighted by Gasteiger charge is 2.10. The first-order chi connectivity index (χ1) is 11.8. The highest BCUT2D eigenvalue weighted by atomic mass is 32.2. The zero-order chi connectivity index (χ0) is 18.3. The zero-order valence-corrected chi connectivity index (χ0v) is 16.0. The molecule has 0 saturated heterocycles. The van der Waals surface area contributed by atoms with Crippen molar-refractivity contribution in [1.82, 2.24) is 4.72 Å². The minimum Gasteiger partial charge on any atom is -0.491 e. The Morgan fingerprint density at radius 3 is 2.44 bits per heavy atom. The van der Waals surface area contributed by atoms with Gasteiger partial charge in [0.25, 0.3) is 0 Å². The predicted molar refractivity (Wildman–Crippen MR) is 102 cm³/mol. The van der Waals surface area contributed by atoms with E-state index in [-0.39, 0.29) is 11.9 Å². The maximum atomic E-state index is 12.1. The third kappa shape index (κ3) is 7.28. The Bertz CT molecular complexity index is 768. The van der Waals surface area contributed by atoms with Crippen molar-refractivity contribution in [3.05, 3.63) is 65.2 Å². The van der Waals surface area contributed by atoms with Crippen molar-refractivity contribution in [2.45, 2.75) is 45.5 Å². The normalized spacial score (nSPS) is 11.7. The molecule has 4 nitrogen and oxygen atoms in total. The van der Waals surface area contributed by atoms with Crippen LogP contribution in [0.1, 0.15) is 37.0 Å². The van der Waals surface area contributed by atoms with E-state index in [4.69, 9.17) is 4.74 Å². The van der Waals surface area contributed by atoms with Crippen molar-refractivity contribution >= 4 is 10.0 Å². The summed E-state index contributed by atoms with van der Waals surface area (Å²) in [5.74, 6) is 0.873. The molecule has 0 spiro atoms. The Hall–Kier alpha value is -1.85. The minimum atomic E-state index is -3.30. The molecule has 5 heteroatoms. The first-order valence-electron chi connectivity index (χ1n) is 8.62. The van der Waals surface area contributed by atoms with Gasteiger partial charge in [-0.15, -0.1) is 0 Å². The van der Waals surface area contributed by atoms with Crippen LogP contribution in [0.4, 0.5) is 0 Å². The molecule has 1 N–H and O–H groups in total. The number of hydrogen-bond acceptors (Lipinski definition) is 3. The van der Waals surface area contributed by atoms with E-state index in [0.29, 0.717) is 6.54 Å². The second-order valence-electron chi connectivity index (χ2n) is 6.56. The lowest BCUT2D eigenvalue weighted by Crippen LogP contribution is -2.26. The molecule has 0 atom stereocenters. The van der Waals surface area contributed by atoms with Crippen molar-refractivity contribution in [3.63, 3.8) is 0 Å². The summed E-state index contributed by atoms with van der Waals surface area (Å²) < 4.78 is 32.6. The molecule has 0 saturated carbocycles. The van der Waals surface area contributed by atoms with Gasteiger partial charge in [0, 0.05) is 6.54 Å². The molecule has 136 valence electrons. The lowest BCUT2D eigenvalue weighted by molar-refractivity contribution is 0.242. The van der Waals surface area contributed by atoms with Crippen LogP contribution in [0.2, 0.25) is 0 Å². The predicted octanol–water partition coefficient (Wildman–Crippen LogP) is 3.83. The topological polar surface area (TPSA) is 55.4 Å². The summed E-state index contributed by atoms with van der Waals surface area (Å²) in [7, 11) is -3.30. The van der Waals surface area contributed by atoms with Crippen molar-refractivity contribution < 1.29 is 13.2 Å². The van der Waals surface area contributed by atoms with Gasteiger partial charge in [-0.1, -0.05) is 42.0 Å². The molecule has 0 unspecified atom stereocenters. The number of ether oxygens (including phenoxy) is 1. The van der Waals surface area contributed by atoms with Crippen LogP contribution in [0.15, 0.2) is 48.5 Å². The number of rotatable bonds is 9. The fourth-order valence-electron chi connectivity index (χ4n) is 2.52. The van der Waals surface area contributed by atoms with E-state index in [1.165, 1.54) is 0 Å². The van der Waals surface area contributed by atoms with Crippen molar-refractivity contribution in [1.29, 1.82) is 0 Å². The highest BCUT2D eigenvalue weighted by Crippen LogP contribution is 2.16. The van der Waals surface area contributed by atoms with E-state index >= 15 is 0 Å². The van der Waals surface area contributed by atoms with Gasteiger partial charge < -0.3 is 4.74 Å². The van der Waals surface area contributed by atoms with Gasteiger partial charge in [0.2, 0.25) is 10.0 Å². The van der Waals surface area contributed by atoms with E-state index in [1.54, 1.807) is 0 Å². The second-order valence-corrected chi connectivity index (χ2v) is 8.36. The fraction of sp³-hybridized carbons (Fsp3) is 0.400. The van der Waals surface area contributed by atoms with Gasteiger partial charge >= 0.3 is 0 Å². The molecule has 0 heterocycles. The Labute approximate surface area is 151 Å². The Morgan fingerprint density at radius 1 is 1.04 bits per heavy atom. The van der Waals surface area contributed by atoms with Crippen LogP contribution in [0.5, 0.6) is 5.75 Å². The van der Waals surface area contributed by atoms with Gasteiger partial charge in [-0.25, -0.2) is 13.1 Å². The van der Waals surface area contributed by atoms with Gasteiger partial charge in [-0.2, -0.15) is 0 Å². The average molecular weight is 362 g/mol. The third-order valence-electron chi connectivity index (χ3n) is 3.71. The van der Waals surface area contributed by atoms with Gasteiger partial charge in [0.05, 0.1) is 11.9 Å². The molecule has 25 heavy (non-hydrogen) atoms. The van der Waals surface area contributed by atoms with Crippen LogP contribution >= 0.6 is 0 Å². The first-order valence-corrected chi connectivity index (χ1v) is 10.3. The van der Waals surface area contributed by atoms with Gasteiger partial charge in [0.15, 0.2) is 0 Å². The van der Waals surface area contributed by atoms with E-state index in [1.807, 2.05) is 69.3 Å². The second kappa shape index (κ2) is 9.02. The minimum absolute atomic E-state index is 0.0188. The number of aryl methyl sites for hydroxylation is 2. The largest absolute Gasteiger partial charge is 0.491 e. The van der Waals surface area contributed by atoms with Crippen LogP contribution < -0.4 is 9.46 Å². The summed E-state index contributed by atoms with van der Waals surface area (Å²) in [6.07, 6.45) is 1.70.